The molecule has 31 heavy (non-hydrogen) atoms. The van der Waals surface area contributed by atoms with Crippen LogP contribution in [0.3, 0.4) is 0 Å². The van der Waals surface area contributed by atoms with Crippen molar-refractivity contribution in [1.82, 2.24) is 9.97 Å². The van der Waals surface area contributed by atoms with E-state index in [2.05, 4.69) is 20.0 Å². The summed E-state index contributed by atoms with van der Waals surface area (Å²) in [5, 5.41) is 20.1. The highest BCUT2D eigenvalue weighted by molar-refractivity contribution is 7.91. The van der Waals surface area contributed by atoms with Gasteiger partial charge in [0.15, 0.2) is 0 Å². The van der Waals surface area contributed by atoms with Gasteiger partial charge in [0.2, 0.25) is 9.84 Å². The van der Waals surface area contributed by atoms with Gasteiger partial charge in [-0.3, -0.25) is 9.98 Å². The number of aliphatic imine (C=N–C) groups is 2. The summed E-state index contributed by atoms with van der Waals surface area (Å²) in [5.41, 5.74) is 1.63. The van der Waals surface area contributed by atoms with E-state index < -0.39 is 9.84 Å². The van der Waals surface area contributed by atoms with E-state index in [0.717, 1.165) is 0 Å². The molecule has 2 aromatic carbocycles. The first-order chi connectivity index (χ1) is 14.9. The third-order valence-corrected chi connectivity index (χ3v) is 6.19. The second-order valence-electron chi connectivity index (χ2n) is 6.57. The van der Waals surface area contributed by atoms with Gasteiger partial charge in [0.25, 0.3) is 0 Å². The molecule has 0 fully saturated rings. The normalized spacial score (nSPS) is 12.1. The van der Waals surface area contributed by atoms with Crippen molar-refractivity contribution < 1.29 is 18.6 Å². The van der Waals surface area contributed by atoms with Crippen LogP contribution in [0.2, 0.25) is 0 Å². The maximum atomic E-state index is 13.1. The number of hydrogen-bond donors (Lipinski definition) is 4. The van der Waals surface area contributed by atoms with Crippen LogP contribution < -0.4 is 0 Å². The maximum absolute atomic E-state index is 13.1. The summed E-state index contributed by atoms with van der Waals surface area (Å²) in [7, 11) is -3.95. The van der Waals surface area contributed by atoms with Crippen LogP contribution in [-0.2, 0) is 9.84 Å². The lowest BCUT2D eigenvalue weighted by Gasteiger charge is -2.08. The van der Waals surface area contributed by atoms with Crippen LogP contribution in [0.4, 0.5) is 11.4 Å². The summed E-state index contributed by atoms with van der Waals surface area (Å²) in [6.45, 7) is 0. The van der Waals surface area contributed by atoms with E-state index in [1.54, 1.807) is 36.7 Å². The minimum atomic E-state index is -3.95. The third-order valence-electron chi connectivity index (χ3n) is 4.44. The summed E-state index contributed by atoms with van der Waals surface area (Å²) in [4.78, 5) is 14.1. The predicted molar refractivity (Wildman–Crippen MR) is 118 cm³/mol. The van der Waals surface area contributed by atoms with Gasteiger partial charge in [-0.05, 0) is 60.7 Å². The monoisotopic (exact) mass is 434 g/mol. The van der Waals surface area contributed by atoms with Crippen LogP contribution in [-0.4, -0.2) is 41.0 Å². The fraction of sp³-hybridized carbons (Fsp3) is 0. The number of aromatic nitrogens is 2. The molecule has 0 aliphatic rings. The SMILES string of the molecule is O=S(=O)(c1ccc(O)c(N=Cc2ccc[nH]2)c1)c1ccc(O)c(N=Cc2ccc[nH]2)c1. The van der Waals surface area contributed by atoms with E-state index in [1.807, 2.05) is 0 Å². The predicted octanol–water partition coefficient (Wildman–Crippen LogP) is 4.09. The maximum Gasteiger partial charge on any atom is 0.206 e. The highest BCUT2D eigenvalue weighted by Gasteiger charge is 2.20. The van der Waals surface area contributed by atoms with Gasteiger partial charge >= 0.3 is 0 Å². The van der Waals surface area contributed by atoms with E-state index in [0.29, 0.717) is 11.4 Å². The summed E-state index contributed by atoms with van der Waals surface area (Å²) in [6.07, 6.45) is 6.42. The van der Waals surface area contributed by atoms with E-state index in [9.17, 15) is 18.6 Å². The second-order valence-corrected chi connectivity index (χ2v) is 8.52. The van der Waals surface area contributed by atoms with Gasteiger partial charge in [-0.1, -0.05) is 0 Å². The number of H-pyrrole nitrogens is 2. The molecule has 4 aromatic rings. The number of aromatic amines is 2. The Kier molecular flexibility index (Phi) is 5.42. The largest absolute Gasteiger partial charge is 0.506 e. The van der Waals surface area contributed by atoms with Crippen molar-refractivity contribution in [1.29, 1.82) is 0 Å². The number of aromatic hydroxyl groups is 2. The van der Waals surface area contributed by atoms with Crippen LogP contribution in [0.15, 0.2) is 92.8 Å². The Morgan fingerprint density at radius 3 is 1.55 bits per heavy atom. The highest BCUT2D eigenvalue weighted by atomic mass is 32.2. The Morgan fingerprint density at radius 1 is 0.710 bits per heavy atom. The molecule has 156 valence electrons. The number of phenolic OH excluding ortho intramolecular Hbond substituents is 2. The number of sulfone groups is 1. The molecule has 0 bridgehead atoms. The first-order valence-corrected chi connectivity index (χ1v) is 10.7. The number of phenols is 2. The van der Waals surface area contributed by atoms with E-state index in [1.165, 1.54) is 48.8 Å². The molecule has 8 nitrogen and oxygen atoms in total. The van der Waals surface area contributed by atoms with Gasteiger partial charge in [-0.2, -0.15) is 0 Å². The molecule has 0 saturated heterocycles. The Hall–Kier alpha value is -4.11. The summed E-state index contributed by atoms with van der Waals surface area (Å²) in [5.74, 6) is -0.299. The first kappa shape index (κ1) is 20.2. The average Bonchev–Trinajstić information content (AvgIpc) is 3.46. The zero-order valence-corrected chi connectivity index (χ0v) is 16.9. The Bertz CT molecular complexity index is 1260. The molecule has 0 unspecified atom stereocenters. The van der Waals surface area contributed by atoms with Crippen LogP contribution in [0.5, 0.6) is 11.5 Å². The summed E-state index contributed by atoms with van der Waals surface area (Å²) < 4.78 is 26.3. The molecule has 0 radical (unpaired) electrons. The number of nitrogens with zero attached hydrogens (tertiary/aromatic N) is 2. The lowest BCUT2D eigenvalue weighted by atomic mass is 10.3. The van der Waals surface area contributed by atoms with Gasteiger partial charge in [0, 0.05) is 12.4 Å². The standard InChI is InChI=1S/C22H18N4O4S/c27-21-7-5-17(11-19(21)25-13-15-3-1-9-23-15)31(29,30)18-6-8-22(28)20(12-18)26-14-16-4-2-10-24-16/h1-14,23-24,27-28H. The molecule has 4 N–H and O–H groups in total. The van der Waals surface area contributed by atoms with Crippen LogP contribution >= 0.6 is 0 Å². The fourth-order valence-electron chi connectivity index (χ4n) is 2.81. The van der Waals surface area contributed by atoms with Gasteiger partial charge in [-0.15, -0.1) is 0 Å². The van der Waals surface area contributed by atoms with Gasteiger partial charge in [0.1, 0.15) is 22.9 Å². The Labute approximate surface area is 178 Å². The van der Waals surface area contributed by atoms with Crippen LogP contribution in [0.1, 0.15) is 11.4 Å². The number of hydrogen-bond acceptors (Lipinski definition) is 6. The number of nitrogens with one attached hydrogen (secondary N) is 2. The van der Waals surface area contributed by atoms with Crippen molar-refractivity contribution >= 4 is 33.6 Å². The molecular weight excluding hydrogens is 416 g/mol. The Morgan fingerprint density at radius 2 is 1.16 bits per heavy atom. The van der Waals surface area contributed by atoms with Crippen molar-refractivity contribution in [2.24, 2.45) is 9.98 Å². The van der Waals surface area contributed by atoms with E-state index in [-0.39, 0.29) is 32.7 Å². The quantitative estimate of drug-likeness (QED) is 0.340. The number of benzene rings is 2. The molecule has 2 heterocycles. The molecule has 2 aromatic heterocycles. The first-order valence-electron chi connectivity index (χ1n) is 9.19. The minimum Gasteiger partial charge on any atom is -0.506 e. The zero-order valence-electron chi connectivity index (χ0n) is 16.1. The van der Waals surface area contributed by atoms with Crippen LogP contribution in [0, 0.1) is 0 Å². The van der Waals surface area contributed by atoms with Gasteiger partial charge in [-0.25, -0.2) is 8.42 Å². The highest BCUT2D eigenvalue weighted by Crippen LogP contribution is 2.34. The second kappa shape index (κ2) is 8.33. The molecule has 0 spiro atoms. The molecule has 9 heteroatoms. The lowest BCUT2D eigenvalue weighted by Crippen LogP contribution is -2.01. The van der Waals surface area contributed by atoms with Crippen molar-refractivity contribution in [3.8, 4) is 11.5 Å². The minimum absolute atomic E-state index is 0.0473. The molecule has 4 rings (SSSR count). The van der Waals surface area contributed by atoms with Gasteiger partial charge in [0.05, 0.1) is 33.6 Å². The van der Waals surface area contributed by atoms with Crippen molar-refractivity contribution in [3.05, 3.63) is 84.4 Å². The van der Waals surface area contributed by atoms with Crippen molar-refractivity contribution in [3.63, 3.8) is 0 Å². The third kappa shape index (κ3) is 4.41. The van der Waals surface area contributed by atoms with Crippen molar-refractivity contribution in [2.75, 3.05) is 0 Å². The molecule has 0 amide bonds. The average molecular weight is 434 g/mol. The van der Waals surface area contributed by atoms with E-state index >= 15 is 0 Å². The van der Waals surface area contributed by atoms with Crippen molar-refractivity contribution in [2.45, 2.75) is 9.79 Å². The topological polar surface area (TPSA) is 131 Å². The molecule has 0 atom stereocenters. The fourth-order valence-corrected chi connectivity index (χ4v) is 4.11. The summed E-state index contributed by atoms with van der Waals surface area (Å²) >= 11 is 0. The zero-order chi connectivity index (χ0) is 21.8. The van der Waals surface area contributed by atoms with Crippen LogP contribution in [0.25, 0.3) is 0 Å². The molecule has 0 aliphatic heterocycles. The molecule has 0 aliphatic carbocycles. The molecular formula is C22H18N4O4S. The number of rotatable bonds is 6. The van der Waals surface area contributed by atoms with E-state index in [4.69, 9.17) is 0 Å². The smallest absolute Gasteiger partial charge is 0.206 e. The molecule has 0 saturated carbocycles. The Balaban J connectivity index is 1.68. The summed E-state index contributed by atoms with van der Waals surface area (Å²) in [6, 6.07) is 14.9. The lowest BCUT2D eigenvalue weighted by molar-refractivity contribution is 0.476. The van der Waals surface area contributed by atoms with Gasteiger partial charge < -0.3 is 20.2 Å².